The quantitative estimate of drug-likeness (QED) is 0.596. The summed E-state index contributed by atoms with van der Waals surface area (Å²) in [5.74, 6) is -0.0650. The molecule has 1 aromatic rings. The number of hydrogen-bond acceptors (Lipinski definition) is 7. The van der Waals surface area contributed by atoms with E-state index < -0.39 is 28.1 Å². The molecule has 2 fully saturated rings. The second-order valence-corrected chi connectivity index (χ2v) is 10.9. The van der Waals surface area contributed by atoms with E-state index in [1.165, 1.54) is 16.4 Å². The molecule has 182 valence electrons. The van der Waals surface area contributed by atoms with Crippen molar-refractivity contribution in [2.75, 3.05) is 19.8 Å². The normalized spacial score (nSPS) is 26.6. The number of nitrogens with zero attached hydrogens (tertiary/aromatic N) is 2. The highest BCUT2D eigenvalue weighted by Gasteiger charge is 2.42. The summed E-state index contributed by atoms with van der Waals surface area (Å²) in [5, 5.41) is 0. The molecule has 0 N–H and O–H groups in total. The number of amides is 1. The lowest BCUT2D eigenvalue weighted by atomic mass is 9.97. The molecule has 0 radical (unpaired) electrons. The van der Waals surface area contributed by atoms with E-state index in [-0.39, 0.29) is 29.4 Å². The monoisotopic (exact) mass is 480 g/mol. The van der Waals surface area contributed by atoms with Crippen molar-refractivity contribution in [1.29, 1.82) is 0 Å². The molecule has 0 saturated carbocycles. The molecule has 0 spiro atoms. The molecule has 4 rings (SSSR count). The number of esters is 1. The molecule has 1 aromatic carbocycles. The number of likely N-dealkylation sites (tertiary alicyclic amines) is 1. The van der Waals surface area contributed by atoms with Gasteiger partial charge in [0.2, 0.25) is 10.0 Å². The Morgan fingerprint density at radius 2 is 1.70 bits per heavy atom. The molecule has 3 aliphatic heterocycles. The van der Waals surface area contributed by atoms with Gasteiger partial charge in [0, 0.05) is 24.7 Å². The van der Waals surface area contributed by atoms with E-state index in [2.05, 4.69) is 0 Å². The Morgan fingerprint density at radius 3 is 2.39 bits per heavy atom. The van der Waals surface area contributed by atoms with Crippen molar-refractivity contribution < 1.29 is 32.2 Å². The lowest BCUT2D eigenvalue weighted by Crippen LogP contribution is -2.52. The molecule has 9 nitrogen and oxygen atoms in total. The van der Waals surface area contributed by atoms with Crippen molar-refractivity contribution in [1.82, 2.24) is 9.21 Å². The summed E-state index contributed by atoms with van der Waals surface area (Å²) < 4.78 is 44.3. The van der Waals surface area contributed by atoms with Gasteiger partial charge in [0.05, 0.1) is 4.90 Å². The first-order chi connectivity index (χ1) is 15.7. The van der Waals surface area contributed by atoms with Gasteiger partial charge in [-0.3, -0.25) is 9.59 Å². The molecule has 4 unspecified atom stereocenters. The van der Waals surface area contributed by atoms with Gasteiger partial charge in [-0.15, -0.1) is 0 Å². The Morgan fingerprint density at radius 1 is 1.03 bits per heavy atom. The lowest BCUT2D eigenvalue weighted by molar-refractivity contribution is -0.164. The number of ether oxygens (including phenoxy) is 3. The third kappa shape index (κ3) is 4.68. The van der Waals surface area contributed by atoms with E-state index in [0.717, 1.165) is 19.3 Å². The third-order valence-electron chi connectivity index (χ3n) is 6.68. The maximum Gasteiger partial charge on any atom is 0.325 e. The Bertz CT molecular complexity index is 1000. The highest BCUT2D eigenvalue weighted by atomic mass is 32.2. The summed E-state index contributed by atoms with van der Waals surface area (Å²) in [7, 11) is -3.96. The van der Waals surface area contributed by atoms with Crippen LogP contribution in [-0.2, 0) is 24.3 Å². The number of carbonyl (C=O) groups excluding carboxylic acids is 2. The summed E-state index contributed by atoms with van der Waals surface area (Å²) in [5.41, 5.74) is 0. The van der Waals surface area contributed by atoms with Crippen molar-refractivity contribution >= 4 is 21.9 Å². The summed E-state index contributed by atoms with van der Waals surface area (Å²) in [6, 6.07) is 3.65. The van der Waals surface area contributed by atoms with E-state index in [4.69, 9.17) is 14.2 Å². The molecule has 10 heteroatoms. The minimum Gasteiger partial charge on any atom is -0.486 e. The minimum atomic E-state index is -3.96. The topological polar surface area (TPSA) is 102 Å². The standard InChI is InChI=1S/C23H32N2O7S/c1-15-6-4-7-16(2)25(15)22(26)17(3)32-23(27)19-8-5-11-24(19)33(28,29)18-9-10-20-21(14-18)31-13-12-30-20/h9-10,14-17,19H,4-8,11-13H2,1-3H3. The fraction of sp³-hybridized carbons (Fsp3) is 0.652. The van der Waals surface area contributed by atoms with Crippen molar-refractivity contribution in [3.05, 3.63) is 18.2 Å². The number of rotatable bonds is 5. The molecule has 2 saturated heterocycles. The van der Waals surface area contributed by atoms with Gasteiger partial charge < -0.3 is 19.1 Å². The number of piperidine rings is 1. The number of carbonyl (C=O) groups is 2. The number of sulfonamides is 1. The number of benzene rings is 1. The van der Waals surface area contributed by atoms with E-state index in [0.29, 0.717) is 37.6 Å². The van der Waals surface area contributed by atoms with Crippen molar-refractivity contribution in [3.63, 3.8) is 0 Å². The van der Waals surface area contributed by atoms with Crippen LogP contribution in [0.3, 0.4) is 0 Å². The van der Waals surface area contributed by atoms with Gasteiger partial charge in [-0.05, 0) is 65.0 Å². The fourth-order valence-corrected chi connectivity index (χ4v) is 6.61. The molecule has 0 aliphatic carbocycles. The van der Waals surface area contributed by atoms with Gasteiger partial charge in [-0.1, -0.05) is 0 Å². The maximum atomic E-state index is 13.3. The van der Waals surface area contributed by atoms with Crippen LogP contribution in [0.5, 0.6) is 11.5 Å². The zero-order valence-electron chi connectivity index (χ0n) is 19.4. The molecule has 4 atom stereocenters. The second kappa shape index (κ2) is 9.50. The van der Waals surface area contributed by atoms with Gasteiger partial charge >= 0.3 is 5.97 Å². The third-order valence-corrected chi connectivity index (χ3v) is 8.59. The first-order valence-electron chi connectivity index (χ1n) is 11.6. The van der Waals surface area contributed by atoms with Gasteiger partial charge in [-0.25, -0.2) is 8.42 Å². The molecule has 0 bridgehead atoms. The average Bonchev–Trinajstić information content (AvgIpc) is 3.29. The largest absolute Gasteiger partial charge is 0.486 e. The molecular formula is C23H32N2O7S. The van der Waals surface area contributed by atoms with Crippen LogP contribution < -0.4 is 9.47 Å². The van der Waals surface area contributed by atoms with E-state index in [1.807, 2.05) is 13.8 Å². The highest BCUT2D eigenvalue weighted by molar-refractivity contribution is 7.89. The first kappa shape index (κ1) is 23.8. The van der Waals surface area contributed by atoms with Crippen molar-refractivity contribution in [3.8, 4) is 11.5 Å². The maximum absolute atomic E-state index is 13.3. The minimum absolute atomic E-state index is 0.0338. The van der Waals surface area contributed by atoms with Crippen LogP contribution in [0.25, 0.3) is 0 Å². The predicted molar refractivity (Wildman–Crippen MR) is 120 cm³/mol. The van der Waals surface area contributed by atoms with Gasteiger partial charge in [-0.2, -0.15) is 4.31 Å². The number of fused-ring (bicyclic) bond motifs is 1. The summed E-state index contributed by atoms with van der Waals surface area (Å²) >= 11 is 0. The van der Waals surface area contributed by atoms with Crippen molar-refractivity contribution in [2.24, 2.45) is 0 Å². The zero-order valence-corrected chi connectivity index (χ0v) is 20.2. The molecule has 1 amide bonds. The van der Waals surface area contributed by atoms with Gasteiger partial charge in [0.1, 0.15) is 19.3 Å². The fourth-order valence-electron chi connectivity index (χ4n) is 4.95. The first-order valence-corrected chi connectivity index (χ1v) is 13.1. The summed E-state index contributed by atoms with van der Waals surface area (Å²) in [6.45, 7) is 6.52. The number of hydrogen-bond donors (Lipinski definition) is 0. The van der Waals surface area contributed by atoms with Crippen LogP contribution in [0.1, 0.15) is 52.9 Å². The molecular weight excluding hydrogens is 448 g/mol. The molecule has 0 aromatic heterocycles. The van der Waals surface area contributed by atoms with Crippen LogP contribution in [0.4, 0.5) is 0 Å². The highest BCUT2D eigenvalue weighted by Crippen LogP contribution is 2.35. The zero-order chi connectivity index (χ0) is 23.8. The second-order valence-electron chi connectivity index (χ2n) is 9.03. The molecule has 3 heterocycles. The summed E-state index contributed by atoms with van der Waals surface area (Å²) in [6.07, 6.45) is 2.81. The van der Waals surface area contributed by atoms with Crippen LogP contribution in [0.15, 0.2) is 23.1 Å². The Balaban J connectivity index is 1.47. The molecule has 3 aliphatic rings. The smallest absolute Gasteiger partial charge is 0.325 e. The Hall–Kier alpha value is -2.33. The lowest BCUT2D eigenvalue weighted by Gasteiger charge is -2.40. The SMILES string of the molecule is CC(OC(=O)C1CCCN1S(=O)(=O)c1ccc2c(c1)OCCO2)C(=O)N1C(C)CCCC1C. The van der Waals surface area contributed by atoms with Gasteiger partial charge in [0.25, 0.3) is 5.91 Å². The van der Waals surface area contributed by atoms with E-state index >= 15 is 0 Å². The predicted octanol–water partition coefficient (Wildman–Crippen LogP) is 2.33. The van der Waals surface area contributed by atoms with Crippen LogP contribution in [0.2, 0.25) is 0 Å². The van der Waals surface area contributed by atoms with Crippen LogP contribution >= 0.6 is 0 Å². The van der Waals surface area contributed by atoms with Crippen LogP contribution in [-0.4, -0.2) is 73.5 Å². The van der Waals surface area contributed by atoms with E-state index in [9.17, 15) is 18.0 Å². The van der Waals surface area contributed by atoms with Crippen LogP contribution in [0, 0.1) is 0 Å². The Labute approximate surface area is 195 Å². The van der Waals surface area contributed by atoms with Crippen molar-refractivity contribution in [2.45, 2.75) is 82.0 Å². The summed E-state index contributed by atoms with van der Waals surface area (Å²) in [4.78, 5) is 27.8. The van der Waals surface area contributed by atoms with Gasteiger partial charge in [0.15, 0.2) is 17.6 Å². The molecule has 33 heavy (non-hydrogen) atoms. The average molecular weight is 481 g/mol. The van der Waals surface area contributed by atoms with E-state index in [1.54, 1.807) is 17.9 Å². The Kier molecular flexibility index (Phi) is 6.86.